The second-order valence-electron chi connectivity index (χ2n) is 9.70. The molecule has 0 aliphatic carbocycles. The summed E-state index contributed by atoms with van der Waals surface area (Å²) in [5, 5.41) is 12.6. The van der Waals surface area contributed by atoms with E-state index >= 15 is 0 Å². The first-order valence-corrected chi connectivity index (χ1v) is 14.5. The minimum Gasteiger partial charge on any atom is -0.489 e. The lowest BCUT2D eigenvalue weighted by Gasteiger charge is -2.31. The number of carbonyl (C=O) groups excluding carboxylic acids is 1. The van der Waals surface area contributed by atoms with Gasteiger partial charge in [-0.15, -0.1) is 0 Å². The fraction of sp³-hybridized carbons (Fsp3) is 0.156. The molecule has 1 aromatic heterocycles. The van der Waals surface area contributed by atoms with E-state index in [1.807, 2.05) is 42.5 Å². The molecule has 9 heteroatoms. The Morgan fingerprint density at radius 3 is 2.32 bits per heavy atom. The highest BCUT2D eigenvalue weighted by Crippen LogP contribution is 2.52. The number of rotatable bonds is 8. The van der Waals surface area contributed by atoms with Gasteiger partial charge in [-0.25, -0.2) is 8.42 Å². The standard InChI is InChI=1S/C32H27NO7S/c1-38-32(35)29-28-24(16-10-18-26(28)39-20-21-11-4-2-5-12-21)33(41(36,37)23-14-6-3-7-15-23)30(29)31(34)27-19-22-13-8-9-17-25(22)40-27/h2-19,29-31,34H,20H2,1H3. The third-order valence-electron chi connectivity index (χ3n) is 7.26. The number of furan rings is 1. The molecule has 0 bridgehead atoms. The van der Waals surface area contributed by atoms with Gasteiger partial charge >= 0.3 is 5.97 Å². The molecule has 4 aromatic carbocycles. The van der Waals surface area contributed by atoms with E-state index in [4.69, 9.17) is 13.9 Å². The lowest BCUT2D eigenvalue weighted by molar-refractivity contribution is -0.143. The first-order chi connectivity index (χ1) is 19.9. The third kappa shape index (κ3) is 4.73. The minimum absolute atomic E-state index is 0.00822. The maximum absolute atomic E-state index is 14.3. The van der Waals surface area contributed by atoms with Crippen LogP contribution in [-0.2, 0) is 26.2 Å². The van der Waals surface area contributed by atoms with Crippen LogP contribution in [-0.4, -0.2) is 32.6 Å². The summed E-state index contributed by atoms with van der Waals surface area (Å²) in [6.45, 7) is 0.188. The molecule has 0 spiro atoms. The summed E-state index contributed by atoms with van der Waals surface area (Å²) < 4.78 is 46.9. The van der Waals surface area contributed by atoms with Gasteiger partial charge in [0, 0.05) is 10.9 Å². The van der Waals surface area contributed by atoms with Crippen LogP contribution in [0.15, 0.2) is 119 Å². The molecule has 0 saturated carbocycles. The van der Waals surface area contributed by atoms with Gasteiger partial charge in [-0.3, -0.25) is 9.10 Å². The maximum atomic E-state index is 14.3. The average Bonchev–Trinajstić information content (AvgIpc) is 3.61. The molecule has 0 saturated heterocycles. The number of esters is 1. The first kappa shape index (κ1) is 26.6. The molecule has 2 heterocycles. The fourth-order valence-electron chi connectivity index (χ4n) is 5.37. The summed E-state index contributed by atoms with van der Waals surface area (Å²) >= 11 is 0. The Morgan fingerprint density at radius 2 is 1.61 bits per heavy atom. The van der Waals surface area contributed by atoms with Gasteiger partial charge in [0.15, 0.2) is 0 Å². The second kappa shape index (κ2) is 10.8. The number of hydrogen-bond acceptors (Lipinski definition) is 7. The van der Waals surface area contributed by atoms with Crippen LogP contribution in [0, 0.1) is 0 Å². The van der Waals surface area contributed by atoms with Crippen LogP contribution in [0.4, 0.5) is 5.69 Å². The van der Waals surface area contributed by atoms with Gasteiger partial charge in [0.05, 0.1) is 23.7 Å². The van der Waals surface area contributed by atoms with E-state index in [2.05, 4.69) is 0 Å². The first-order valence-electron chi connectivity index (χ1n) is 13.0. The molecule has 208 valence electrons. The molecule has 1 N–H and O–H groups in total. The van der Waals surface area contributed by atoms with Crippen molar-refractivity contribution in [2.24, 2.45) is 0 Å². The Bertz CT molecular complexity index is 1770. The number of hydrogen-bond donors (Lipinski definition) is 1. The van der Waals surface area contributed by atoms with Crippen molar-refractivity contribution in [2.45, 2.75) is 29.6 Å². The zero-order chi connectivity index (χ0) is 28.6. The van der Waals surface area contributed by atoms with E-state index in [9.17, 15) is 18.3 Å². The van der Waals surface area contributed by atoms with Crippen molar-refractivity contribution in [2.75, 3.05) is 11.4 Å². The smallest absolute Gasteiger partial charge is 0.315 e. The van der Waals surface area contributed by atoms with E-state index in [1.54, 1.807) is 54.6 Å². The monoisotopic (exact) mass is 569 g/mol. The van der Waals surface area contributed by atoms with Gasteiger partial charge in [0.2, 0.25) is 0 Å². The predicted molar refractivity (Wildman–Crippen MR) is 153 cm³/mol. The number of para-hydroxylation sites is 1. The van der Waals surface area contributed by atoms with Crippen molar-refractivity contribution in [1.82, 2.24) is 0 Å². The molecule has 3 atom stereocenters. The van der Waals surface area contributed by atoms with Crippen LogP contribution in [0.25, 0.3) is 11.0 Å². The van der Waals surface area contributed by atoms with Gasteiger partial charge in [0.25, 0.3) is 10.0 Å². The number of benzene rings is 4. The summed E-state index contributed by atoms with van der Waals surface area (Å²) in [5.74, 6) is -1.50. The van der Waals surface area contributed by atoms with Crippen molar-refractivity contribution in [3.05, 3.63) is 126 Å². The molecule has 5 aromatic rings. The van der Waals surface area contributed by atoms with Crippen LogP contribution in [0.5, 0.6) is 5.75 Å². The number of methoxy groups -OCH3 is 1. The molecule has 1 aliphatic heterocycles. The van der Waals surface area contributed by atoms with Crippen LogP contribution < -0.4 is 9.04 Å². The lowest BCUT2D eigenvalue weighted by Crippen LogP contribution is -2.45. The number of ether oxygens (including phenoxy) is 2. The number of fused-ring (bicyclic) bond motifs is 2. The summed E-state index contributed by atoms with van der Waals surface area (Å²) in [5.41, 5.74) is 1.95. The minimum atomic E-state index is -4.27. The Labute approximate surface area is 237 Å². The van der Waals surface area contributed by atoms with E-state index in [0.29, 0.717) is 16.9 Å². The predicted octanol–water partition coefficient (Wildman–Crippen LogP) is 5.58. The molecule has 0 amide bonds. The third-order valence-corrected chi connectivity index (χ3v) is 9.08. The topological polar surface area (TPSA) is 106 Å². The highest BCUT2D eigenvalue weighted by Gasteiger charge is 2.54. The SMILES string of the molecule is COC(=O)C1c2c(OCc3ccccc3)cccc2N(S(=O)(=O)c2ccccc2)C1C(O)c1cc2ccccc2o1. The quantitative estimate of drug-likeness (QED) is 0.243. The molecule has 6 rings (SSSR count). The number of carbonyl (C=O) groups is 1. The number of aliphatic hydroxyl groups is 1. The second-order valence-corrected chi connectivity index (χ2v) is 11.5. The summed E-state index contributed by atoms with van der Waals surface area (Å²) in [4.78, 5) is 13.5. The summed E-state index contributed by atoms with van der Waals surface area (Å²) in [6.07, 6.45) is -1.53. The van der Waals surface area contributed by atoms with Crippen molar-refractivity contribution in [3.8, 4) is 5.75 Å². The largest absolute Gasteiger partial charge is 0.489 e. The Balaban J connectivity index is 1.53. The fourth-order valence-corrected chi connectivity index (χ4v) is 7.08. The van der Waals surface area contributed by atoms with Crippen LogP contribution in [0.1, 0.15) is 28.9 Å². The molecule has 0 fully saturated rings. The number of anilines is 1. The van der Waals surface area contributed by atoms with E-state index in [1.165, 1.54) is 19.2 Å². The Hall–Kier alpha value is -4.60. The highest BCUT2D eigenvalue weighted by atomic mass is 32.2. The van der Waals surface area contributed by atoms with Crippen molar-refractivity contribution < 1.29 is 32.2 Å². The molecule has 3 unspecified atom stereocenters. The zero-order valence-corrected chi connectivity index (χ0v) is 22.9. The molecule has 41 heavy (non-hydrogen) atoms. The molecule has 0 radical (unpaired) electrons. The number of aliphatic hydroxyl groups excluding tert-OH is 1. The molecule has 1 aliphatic rings. The number of sulfonamides is 1. The van der Waals surface area contributed by atoms with Crippen LogP contribution >= 0.6 is 0 Å². The summed E-state index contributed by atoms with van der Waals surface area (Å²) in [7, 11) is -3.04. The highest BCUT2D eigenvalue weighted by molar-refractivity contribution is 7.93. The normalized spacial score (nSPS) is 17.3. The van der Waals surface area contributed by atoms with Gasteiger partial charge in [-0.1, -0.05) is 72.8 Å². The molecule has 8 nitrogen and oxygen atoms in total. The van der Waals surface area contributed by atoms with Gasteiger partial charge in [0.1, 0.15) is 35.7 Å². The van der Waals surface area contributed by atoms with Gasteiger partial charge in [-0.2, -0.15) is 0 Å². The Kier molecular flexibility index (Phi) is 6.98. The van der Waals surface area contributed by atoms with Crippen molar-refractivity contribution >= 4 is 32.6 Å². The molecular weight excluding hydrogens is 542 g/mol. The Morgan fingerprint density at radius 1 is 0.927 bits per heavy atom. The van der Waals surface area contributed by atoms with Crippen LogP contribution in [0.2, 0.25) is 0 Å². The van der Waals surface area contributed by atoms with E-state index in [0.717, 1.165) is 15.3 Å². The zero-order valence-electron chi connectivity index (χ0n) is 22.1. The van der Waals surface area contributed by atoms with Crippen molar-refractivity contribution in [1.29, 1.82) is 0 Å². The average molecular weight is 570 g/mol. The van der Waals surface area contributed by atoms with Gasteiger partial charge in [-0.05, 0) is 42.0 Å². The van der Waals surface area contributed by atoms with E-state index < -0.39 is 34.1 Å². The maximum Gasteiger partial charge on any atom is 0.315 e. The summed E-state index contributed by atoms with van der Waals surface area (Å²) in [6, 6.07) is 29.8. The number of nitrogens with zero attached hydrogens (tertiary/aromatic N) is 1. The molecular formula is C32H27NO7S. The van der Waals surface area contributed by atoms with E-state index in [-0.39, 0.29) is 22.9 Å². The lowest BCUT2D eigenvalue weighted by atomic mass is 9.90. The van der Waals surface area contributed by atoms with Crippen molar-refractivity contribution in [3.63, 3.8) is 0 Å². The van der Waals surface area contributed by atoms with Crippen LogP contribution in [0.3, 0.4) is 0 Å². The van der Waals surface area contributed by atoms with Gasteiger partial charge < -0.3 is 19.0 Å².